The molecule has 1 fully saturated rings. The lowest BCUT2D eigenvalue weighted by Gasteiger charge is -2.35. The van der Waals surface area contributed by atoms with Crippen LogP contribution in [0, 0.1) is 6.92 Å². The molecule has 1 saturated heterocycles. The molecular weight excluding hydrogens is 369 g/mol. The Hall–Kier alpha value is -1.75. The van der Waals surface area contributed by atoms with Crippen molar-refractivity contribution < 1.29 is 4.79 Å². The smallest absolute Gasteiger partial charge is 0.241 e. The van der Waals surface area contributed by atoms with E-state index < -0.39 is 0 Å². The summed E-state index contributed by atoms with van der Waals surface area (Å²) in [6, 6.07) is 18.5. The van der Waals surface area contributed by atoms with E-state index in [1.165, 1.54) is 11.1 Å². The number of benzene rings is 2. The third kappa shape index (κ3) is 6.52. The minimum absolute atomic E-state index is 0. The number of nitrogens with zero attached hydrogens (tertiary/aromatic N) is 2. The number of rotatable bonds is 5. The average molecular weight is 396 g/mol. The number of hydrogen-bond donors (Lipinski definition) is 1. The van der Waals surface area contributed by atoms with E-state index in [-0.39, 0.29) is 30.7 Å². The van der Waals surface area contributed by atoms with Gasteiger partial charge in [0, 0.05) is 38.4 Å². The Balaban J connectivity index is 0.00000169. The molecule has 0 unspecified atom stereocenters. The number of halogens is 2. The van der Waals surface area contributed by atoms with Gasteiger partial charge in [-0.25, -0.2) is 0 Å². The van der Waals surface area contributed by atoms with Crippen molar-refractivity contribution in [3.05, 3.63) is 65.7 Å². The van der Waals surface area contributed by atoms with Gasteiger partial charge in [0.2, 0.25) is 5.91 Å². The summed E-state index contributed by atoms with van der Waals surface area (Å²) in [5, 5.41) is 3.19. The van der Waals surface area contributed by atoms with Crippen molar-refractivity contribution in [2.24, 2.45) is 0 Å². The number of carbonyl (C=O) groups is 1. The molecule has 0 atom stereocenters. The van der Waals surface area contributed by atoms with E-state index in [2.05, 4.69) is 41.4 Å². The number of hydrogen-bond acceptors (Lipinski definition) is 3. The summed E-state index contributed by atoms with van der Waals surface area (Å²) in [6.45, 7) is 6.94. The van der Waals surface area contributed by atoms with E-state index in [9.17, 15) is 4.79 Å². The summed E-state index contributed by atoms with van der Waals surface area (Å²) in [4.78, 5) is 16.7. The number of aryl methyl sites for hydroxylation is 1. The van der Waals surface area contributed by atoms with Crippen molar-refractivity contribution in [2.45, 2.75) is 13.5 Å². The molecule has 0 aliphatic carbocycles. The van der Waals surface area contributed by atoms with Crippen LogP contribution in [0.25, 0.3) is 0 Å². The predicted molar refractivity (Wildman–Crippen MR) is 112 cm³/mol. The molecule has 4 nitrogen and oxygen atoms in total. The molecule has 3 rings (SSSR count). The van der Waals surface area contributed by atoms with Crippen molar-refractivity contribution in [1.82, 2.24) is 9.80 Å². The first-order chi connectivity index (χ1) is 11.7. The molecule has 26 heavy (non-hydrogen) atoms. The maximum atomic E-state index is 12.3. The van der Waals surface area contributed by atoms with Gasteiger partial charge in [-0.2, -0.15) is 0 Å². The standard InChI is InChI=1S/C20H25N3O.2ClH/c1-17-6-5-7-18(14-17)16-22-10-12-23(13-11-22)20(24)15-21-19-8-3-2-4-9-19;;/h2-9,14,21H,10-13,15-16H2,1H3;2*1H. The fraction of sp³-hybridized carbons (Fsp3) is 0.350. The van der Waals surface area contributed by atoms with Crippen molar-refractivity contribution in [1.29, 1.82) is 0 Å². The minimum Gasteiger partial charge on any atom is -0.376 e. The Bertz CT molecular complexity index is 674. The van der Waals surface area contributed by atoms with Gasteiger partial charge in [0.1, 0.15) is 0 Å². The zero-order valence-electron chi connectivity index (χ0n) is 15.1. The van der Waals surface area contributed by atoms with Gasteiger partial charge >= 0.3 is 0 Å². The van der Waals surface area contributed by atoms with E-state index in [1.807, 2.05) is 35.2 Å². The largest absolute Gasteiger partial charge is 0.376 e. The summed E-state index contributed by atoms with van der Waals surface area (Å²) in [6.07, 6.45) is 0. The number of para-hydroxylation sites is 1. The van der Waals surface area contributed by atoms with Crippen molar-refractivity contribution >= 4 is 36.4 Å². The molecular formula is C20H27Cl2N3O. The maximum Gasteiger partial charge on any atom is 0.241 e. The van der Waals surface area contributed by atoms with E-state index in [0.717, 1.165) is 38.4 Å². The summed E-state index contributed by atoms with van der Waals surface area (Å²) in [7, 11) is 0. The molecule has 2 aromatic rings. The van der Waals surface area contributed by atoms with Crippen LogP contribution in [0.1, 0.15) is 11.1 Å². The number of anilines is 1. The number of carbonyl (C=O) groups excluding carboxylic acids is 1. The predicted octanol–water partition coefficient (Wildman–Crippen LogP) is 3.59. The highest BCUT2D eigenvalue weighted by Crippen LogP contribution is 2.11. The first-order valence-electron chi connectivity index (χ1n) is 8.55. The molecule has 2 aromatic carbocycles. The molecule has 0 radical (unpaired) electrons. The molecule has 1 N–H and O–H groups in total. The third-order valence-electron chi connectivity index (χ3n) is 4.43. The monoisotopic (exact) mass is 395 g/mol. The van der Waals surface area contributed by atoms with Gasteiger partial charge in [-0.05, 0) is 24.6 Å². The first kappa shape index (κ1) is 22.3. The quantitative estimate of drug-likeness (QED) is 0.839. The number of nitrogens with one attached hydrogen (secondary N) is 1. The minimum atomic E-state index is 0. The van der Waals surface area contributed by atoms with Crippen LogP contribution in [0.3, 0.4) is 0 Å². The summed E-state index contributed by atoms with van der Waals surface area (Å²) >= 11 is 0. The maximum absolute atomic E-state index is 12.3. The van der Waals surface area contributed by atoms with Crippen LogP contribution < -0.4 is 5.32 Å². The highest BCUT2D eigenvalue weighted by atomic mass is 35.5. The molecule has 0 spiro atoms. The van der Waals surface area contributed by atoms with E-state index in [0.29, 0.717) is 6.54 Å². The summed E-state index contributed by atoms with van der Waals surface area (Å²) in [5.74, 6) is 0.175. The average Bonchev–Trinajstić information content (AvgIpc) is 2.61. The first-order valence-corrected chi connectivity index (χ1v) is 8.55. The molecule has 0 bridgehead atoms. The van der Waals surface area contributed by atoms with Gasteiger partial charge in [-0.1, -0.05) is 48.0 Å². The Morgan fingerprint density at radius 3 is 2.31 bits per heavy atom. The zero-order valence-corrected chi connectivity index (χ0v) is 16.7. The Labute approximate surface area is 168 Å². The zero-order chi connectivity index (χ0) is 16.8. The normalized spacial score (nSPS) is 14.1. The third-order valence-corrected chi connectivity index (χ3v) is 4.43. The van der Waals surface area contributed by atoms with Crippen LogP contribution in [0.15, 0.2) is 54.6 Å². The van der Waals surface area contributed by atoms with Gasteiger partial charge in [-0.15, -0.1) is 24.8 Å². The molecule has 0 saturated carbocycles. The van der Waals surface area contributed by atoms with E-state index >= 15 is 0 Å². The summed E-state index contributed by atoms with van der Waals surface area (Å²) < 4.78 is 0. The highest BCUT2D eigenvalue weighted by Gasteiger charge is 2.20. The molecule has 1 heterocycles. The van der Waals surface area contributed by atoms with Crippen molar-refractivity contribution in [2.75, 3.05) is 38.0 Å². The second-order valence-corrected chi connectivity index (χ2v) is 6.37. The van der Waals surface area contributed by atoms with Crippen LogP contribution in [0.2, 0.25) is 0 Å². The van der Waals surface area contributed by atoms with Gasteiger partial charge in [0.05, 0.1) is 6.54 Å². The topological polar surface area (TPSA) is 35.6 Å². The van der Waals surface area contributed by atoms with Crippen LogP contribution in [-0.2, 0) is 11.3 Å². The molecule has 1 aliphatic rings. The fourth-order valence-electron chi connectivity index (χ4n) is 3.07. The lowest BCUT2D eigenvalue weighted by molar-refractivity contribution is -0.131. The molecule has 0 aromatic heterocycles. The van der Waals surface area contributed by atoms with Crippen LogP contribution in [-0.4, -0.2) is 48.4 Å². The van der Waals surface area contributed by atoms with Crippen molar-refractivity contribution in [3.8, 4) is 0 Å². The van der Waals surface area contributed by atoms with E-state index in [4.69, 9.17) is 0 Å². The van der Waals surface area contributed by atoms with Crippen LogP contribution >= 0.6 is 24.8 Å². The molecule has 142 valence electrons. The molecule has 1 amide bonds. The molecule has 1 aliphatic heterocycles. The van der Waals surface area contributed by atoms with Crippen LogP contribution in [0.4, 0.5) is 5.69 Å². The van der Waals surface area contributed by atoms with Gasteiger partial charge in [0.25, 0.3) is 0 Å². The van der Waals surface area contributed by atoms with Crippen LogP contribution in [0.5, 0.6) is 0 Å². The molecule has 6 heteroatoms. The van der Waals surface area contributed by atoms with Gasteiger partial charge < -0.3 is 10.2 Å². The van der Waals surface area contributed by atoms with E-state index in [1.54, 1.807) is 0 Å². The lowest BCUT2D eigenvalue weighted by atomic mass is 10.1. The number of amides is 1. The second kappa shape index (κ2) is 11.1. The van der Waals surface area contributed by atoms with Crippen molar-refractivity contribution in [3.63, 3.8) is 0 Å². The Kier molecular flexibility index (Phi) is 9.49. The fourth-order valence-corrected chi connectivity index (χ4v) is 3.07. The SMILES string of the molecule is Cc1cccc(CN2CCN(C(=O)CNc3ccccc3)CC2)c1.Cl.Cl. The Morgan fingerprint density at radius 1 is 0.962 bits per heavy atom. The second-order valence-electron chi connectivity index (χ2n) is 6.37. The van der Waals surface area contributed by atoms with Gasteiger partial charge in [-0.3, -0.25) is 9.69 Å². The number of piperazine rings is 1. The Morgan fingerprint density at radius 2 is 1.65 bits per heavy atom. The summed E-state index contributed by atoms with van der Waals surface area (Å²) in [5.41, 5.74) is 3.64. The van der Waals surface area contributed by atoms with Gasteiger partial charge in [0.15, 0.2) is 0 Å². The highest BCUT2D eigenvalue weighted by molar-refractivity contribution is 5.85. The lowest BCUT2D eigenvalue weighted by Crippen LogP contribution is -2.49.